The normalized spacial score (nSPS) is 15.9. The van der Waals surface area contributed by atoms with Crippen molar-refractivity contribution in [2.75, 3.05) is 32.1 Å². The number of nitrogens with zero attached hydrogens (tertiary/aromatic N) is 5. The van der Waals surface area contributed by atoms with Crippen LogP contribution in [0.25, 0.3) is 33.7 Å². The standard InChI is InChI=1S/C39H42ClN7O2/c1-3-31-37(46-39(48-2)34(43-31)23-47-18-6-7-19-47)44-32-16-15-27-26(11-8-12-28(27)32)29-13-9-14-30(35(29)40)38-45-33-21-24(10-4-5-17-41)20-25(22-42)36(33)49-38/h8-9,11-14,20-21,32H,3-7,10,15-19,23,41H2,1-2H3,(H,44,46)/t32-/m1/s1. The summed E-state index contributed by atoms with van der Waals surface area (Å²) in [5, 5.41) is 14.2. The van der Waals surface area contributed by atoms with Crippen LogP contribution < -0.4 is 15.8 Å². The van der Waals surface area contributed by atoms with Gasteiger partial charge < -0.3 is 20.2 Å². The second kappa shape index (κ2) is 14.6. The molecule has 1 aliphatic carbocycles. The quantitative estimate of drug-likeness (QED) is 0.126. The number of benzene rings is 3. The molecule has 3 heterocycles. The molecule has 1 fully saturated rings. The van der Waals surface area contributed by atoms with E-state index in [9.17, 15) is 5.26 Å². The first-order chi connectivity index (χ1) is 24.0. The summed E-state index contributed by atoms with van der Waals surface area (Å²) in [5.74, 6) is 1.77. The van der Waals surface area contributed by atoms with Gasteiger partial charge in [0.15, 0.2) is 11.4 Å². The van der Waals surface area contributed by atoms with Crippen LogP contribution in [-0.2, 0) is 25.8 Å². The third-order valence-corrected chi connectivity index (χ3v) is 10.2. The van der Waals surface area contributed by atoms with Crippen LogP contribution in [0.15, 0.2) is 52.9 Å². The summed E-state index contributed by atoms with van der Waals surface area (Å²) in [4.78, 5) is 17.2. The predicted octanol–water partition coefficient (Wildman–Crippen LogP) is 8.02. The van der Waals surface area contributed by atoms with E-state index in [1.165, 1.54) is 24.0 Å². The number of likely N-dealkylation sites (tertiary alicyclic amines) is 1. The molecule has 0 spiro atoms. The van der Waals surface area contributed by atoms with E-state index in [0.717, 1.165) is 92.1 Å². The number of unbranched alkanes of at least 4 members (excludes halogenated alkanes) is 1. The van der Waals surface area contributed by atoms with Gasteiger partial charge in [0.25, 0.3) is 0 Å². The molecule has 49 heavy (non-hydrogen) atoms. The zero-order valence-electron chi connectivity index (χ0n) is 28.2. The smallest absolute Gasteiger partial charge is 0.238 e. The Bertz CT molecular complexity index is 2030. The molecule has 3 aromatic carbocycles. The van der Waals surface area contributed by atoms with Crippen molar-refractivity contribution in [1.82, 2.24) is 19.9 Å². The molecular formula is C39H42ClN7O2. The lowest BCUT2D eigenvalue weighted by Crippen LogP contribution is -2.21. The van der Waals surface area contributed by atoms with E-state index in [2.05, 4.69) is 41.4 Å². The maximum atomic E-state index is 9.88. The number of anilines is 1. The fourth-order valence-electron chi connectivity index (χ4n) is 7.31. The van der Waals surface area contributed by atoms with Crippen molar-refractivity contribution in [3.05, 3.63) is 87.2 Å². The Morgan fingerprint density at radius 3 is 2.61 bits per heavy atom. The second-order valence-corrected chi connectivity index (χ2v) is 13.3. The molecule has 2 aromatic heterocycles. The molecule has 9 nitrogen and oxygen atoms in total. The van der Waals surface area contributed by atoms with E-state index in [1.54, 1.807) is 7.11 Å². The molecule has 1 aliphatic heterocycles. The van der Waals surface area contributed by atoms with Crippen LogP contribution in [0, 0.1) is 11.3 Å². The summed E-state index contributed by atoms with van der Waals surface area (Å²) in [6.45, 7) is 5.71. The van der Waals surface area contributed by atoms with Gasteiger partial charge in [-0.05, 0) is 111 Å². The highest BCUT2D eigenvalue weighted by Crippen LogP contribution is 2.44. The predicted molar refractivity (Wildman–Crippen MR) is 194 cm³/mol. The number of nitrogens with one attached hydrogen (secondary N) is 1. The first kappa shape index (κ1) is 33.0. The van der Waals surface area contributed by atoms with E-state index in [4.69, 9.17) is 41.4 Å². The summed E-state index contributed by atoms with van der Waals surface area (Å²) >= 11 is 7.18. The van der Waals surface area contributed by atoms with Crippen molar-refractivity contribution in [2.24, 2.45) is 5.73 Å². The van der Waals surface area contributed by atoms with Crippen LogP contribution >= 0.6 is 11.6 Å². The lowest BCUT2D eigenvalue weighted by molar-refractivity contribution is 0.311. The molecule has 7 rings (SSSR count). The molecule has 0 bridgehead atoms. The summed E-state index contributed by atoms with van der Waals surface area (Å²) in [7, 11) is 1.67. The molecule has 252 valence electrons. The molecular weight excluding hydrogens is 634 g/mol. The van der Waals surface area contributed by atoms with E-state index in [-0.39, 0.29) is 6.04 Å². The van der Waals surface area contributed by atoms with Crippen LogP contribution in [-0.4, -0.2) is 46.6 Å². The molecule has 10 heteroatoms. The van der Waals surface area contributed by atoms with Gasteiger partial charge in [0.2, 0.25) is 11.8 Å². The Balaban J connectivity index is 1.18. The average molecular weight is 676 g/mol. The minimum absolute atomic E-state index is 0.0751. The zero-order valence-corrected chi connectivity index (χ0v) is 28.9. The number of methoxy groups -OCH3 is 1. The van der Waals surface area contributed by atoms with Crippen LogP contribution in [0.5, 0.6) is 5.88 Å². The van der Waals surface area contributed by atoms with Crippen molar-refractivity contribution in [3.63, 3.8) is 0 Å². The van der Waals surface area contributed by atoms with Gasteiger partial charge in [-0.15, -0.1) is 0 Å². The SMILES string of the molecule is CCc1nc(CN2CCCC2)c(OC)nc1N[C@@H]1CCc2c(-c3cccc(-c4nc5cc(CCCCN)cc(C#N)c5o4)c3Cl)cccc21. The summed E-state index contributed by atoms with van der Waals surface area (Å²) in [6, 6.07) is 18.6. The van der Waals surface area contributed by atoms with Gasteiger partial charge >= 0.3 is 0 Å². The maximum absolute atomic E-state index is 9.88. The highest BCUT2D eigenvalue weighted by atomic mass is 35.5. The minimum atomic E-state index is 0.0751. The zero-order chi connectivity index (χ0) is 33.9. The molecule has 0 radical (unpaired) electrons. The van der Waals surface area contributed by atoms with E-state index in [0.29, 0.717) is 45.6 Å². The molecule has 5 aromatic rings. The van der Waals surface area contributed by atoms with Gasteiger partial charge in [-0.3, -0.25) is 4.90 Å². The molecule has 3 N–H and O–H groups in total. The Labute approximate surface area is 292 Å². The molecule has 0 unspecified atom stereocenters. The lowest BCUT2D eigenvalue weighted by Gasteiger charge is -2.21. The summed E-state index contributed by atoms with van der Waals surface area (Å²) in [5.41, 5.74) is 15.4. The number of aryl methyl sites for hydroxylation is 2. The molecule has 1 saturated heterocycles. The van der Waals surface area contributed by atoms with Crippen molar-refractivity contribution in [1.29, 1.82) is 5.26 Å². The fraction of sp³-hybridized carbons (Fsp3) is 0.385. The Morgan fingerprint density at radius 1 is 1.04 bits per heavy atom. The van der Waals surface area contributed by atoms with Crippen molar-refractivity contribution in [3.8, 4) is 34.5 Å². The summed E-state index contributed by atoms with van der Waals surface area (Å²) in [6.07, 6.45) is 7.76. The van der Waals surface area contributed by atoms with Crippen LogP contribution in [0.2, 0.25) is 5.02 Å². The lowest BCUT2D eigenvalue weighted by atomic mass is 9.95. The van der Waals surface area contributed by atoms with Crippen molar-refractivity contribution < 1.29 is 9.15 Å². The van der Waals surface area contributed by atoms with E-state index >= 15 is 0 Å². The minimum Gasteiger partial charge on any atom is -0.480 e. The number of hydrogen-bond acceptors (Lipinski definition) is 9. The van der Waals surface area contributed by atoms with E-state index in [1.807, 2.05) is 30.3 Å². The average Bonchev–Trinajstić information content (AvgIpc) is 3.89. The number of rotatable bonds is 12. The highest BCUT2D eigenvalue weighted by molar-refractivity contribution is 6.36. The second-order valence-electron chi connectivity index (χ2n) is 13.0. The first-order valence-corrected chi connectivity index (χ1v) is 17.8. The first-order valence-electron chi connectivity index (χ1n) is 17.4. The summed E-state index contributed by atoms with van der Waals surface area (Å²) < 4.78 is 12.0. The van der Waals surface area contributed by atoms with Crippen LogP contribution in [0.1, 0.15) is 78.7 Å². The topological polar surface area (TPSA) is 126 Å². The maximum Gasteiger partial charge on any atom is 0.238 e. The largest absolute Gasteiger partial charge is 0.480 e. The Hall–Kier alpha value is -4.49. The number of aromatic nitrogens is 3. The fourth-order valence-corrected chi connectivity index (χ4v) is 7.62. The number of ether oxygens (including phenoxy) is 1. The highest BCUT2D eigenvalue weighted by Gasteiger charge is 2.28. The number of nitrogens with two attached hydrogens (primary N) is 1. The van der Waals surface area contributed by atoms with Gasteiger partial charge in [0.1, 0.15) is 17.3 Å². The number of halogens is 1. The number of hydrogen-bond donors (Lipinski definition) is 2. The molecule has 2 aliphatic rings. The van der Waals surface area contributed by atoms with Gasteiger partial charge in [0, 0.05) is 12.1 Å². The number of fused-ring (bicyclic) bond motifs is 2. The van der Waals surface area contributed by atoms with Gasteiger partial charge in [-0.25, -0.2) is 9.97 Å². The third kappa shape index (κ3) is 6.61. The van der Waals surface area contributed by atoms with Gasteiger partial charge in [0.05, 0.1) is 35.0 Å². The van der Waals surface area contributed by atoms with Gasteiger partial charge in [-0.2, -0.15) is 10.2 Å². The van der Waals surface area contributed by atoms with Crippen LogP contribution in [0.3, 0.4) is 0 Å². The molecule has 0 amide bonds. The number of oxazole rings is 1. The Morgan fingerprint density at radius 2 is 1.84 bits per heavy atom. The number of nitriles is 1. The molecule has 1 atom stereocenters. The third-order valence-electron chi connectivity index (χ3n) is 9.79. The van der Waals surface area contributed by atoms with Crippen molar-refractivity contribution in [2.45, 2.75) is 70.9 Å². The molecule has 0 saturated carbocycles. The Kier molecular flexibility index (Phi) is 9.81. The van der Waals surface area contributed by atoms with Crippen LogP contribution in [0.4, 0.5) is 5.82 Å². The van der Waals surface area contributed by atoms with Gasteiger partial charge in [-0.1, -0.05) is 48.9 Å². The monoisotopic (exact) mass is 675 g/mol. The van der Waals surface area contributed by atoms with E-state index < -0.39 is 0 Å². The van der Waals surface area contributed by atoms with Crippen molar-refractivity contribution >= 4 is 28.5 Å².